The molecule has 0 amide bonds. The lowest BCUT2D eigenvalue weighted by Crippen LogP contribution is -2.38. The summed E-state index contributed by atoms with van der Waals surface area (Å²) in [6.07, 6.45) is 7.23. The smallest absolute Gasteiger partial charge is 0.137 e. The van der Waals surface area contributed by atoms with E-state index in [1.807, 2.05) is 13.1 Å². The van der Waals surface area contributed by atoms with Gasteiger partial charge in [0, 0.05) is 18.2 Å². The van der Waals surface area contributed by atoms with Gasteiger partial charge in [0.25, 0.3) is 0 Å². The van der Waals surface area contributed by atoms with Crippen molar-refractivity contribution in [2.45, 2.75) is 58.9 Å². The standard InChI is InChI=1S/C17H28N2O/c1-5-20-14-8-12(10-19-11-14)15-9-13(17(2,3)4)6-7-16(15)18/h8,10-11,13,15-16H,5-7,9,18H2,1-4H3. The van der Waals surface area contributed by atoms with Crippen LogP contribution in [0.1, 0.15) is 58.4 Å². The highest BCUT2D eigenvalue weighted by molar-refractivity contribution is 5.28. The summed E-state index contributed by atoms with van der Waals surface area (Å²) < 4.78 is 5.56. The van der Waals surface area contributed by atoms with Crippen LogP contribution in [0.2, 0.25) is 0 Å². The minimum Gasteiger partial charge on any atom is -0.492 e. The molecule has 1 fully saturated rings. The van der Waals surface area contributed by atoms with Crippen LogP contribution in [0.15, 0.2) is 18.5 Å². The van der Waals surface area contributed by atoms with Gasteiger partial charge in [-0.05, 0) is 49.1 Å². The topological polar surface area (TPSA) is 48.1 Å². The number of aromatic nitrogens is 1. The molecule has 1 aromatic heterocycles. The van der Waals surface area contributed by atoms with E-state index in [4.69, 9.17) is 10.5 Å². The van der Waals surface area contributed by atoms with Crippen molar-refractivity contribution < 1.29 is 4.74 Å². The quantitative estimate of drug-likeness (QED) is 0.915. The van der Waals surface area contributed by atoms with Crippen LogP contribution in [0.3, 0.4) is 0 Å². The molecule has 1 aliphatic rings. The first-order valence-electron chi connectivity index (χ1n) is 7.75. The summed E-state index contributed by atoms with van der Waals surface area (Å²) in [6.45, 7) is 9.67. The molecule has 3 nitrogen and oxygen atoms in total. The number of nitrogens with two attached hydrogens (primary N) is 1. The Kier molecular flexibility index (Phi) is 4.69. The SMILES string of the molecule is CCOc1cncc(C2CC(C(C)(C)C)CCC2N)c1. The summed E-state index contributed by atoms with van der Waals surface area (Å²) in [5.74, 6) is 1.99. The molecule has 112 valence electrons. The molecular weight excluding hydrogens is 248 g/mol. The van der Waals surface area contributed by atoms with Gasteiger partial charge in [-0.1, -0.05) is 20.8 Å². The van der Waals surface area contributed by atoms with Crippen molar-refractivity contribution in [2.24, 2.45) is 17.1 Å². The normalized spacial score (nSPS) is 27.4. The van der Waals surface area contributed by atoms with Crippen molar-refractivity contribution in [3.8, 4) is 5.75 Å². The number of nitrogens with zero attached hydrogens (tertiary/aromatic N) is 1. The third kappa shape index (κ3) is 3.51. The van der Waals surface area contributed by atoms with Crippen LogP contribution in [-0.4, -0.2) is 17.6 Å². The Morgan fingerprint density at radius 1 is 1.30 bits per heavy atom. The second-order valence-electron chi connectivity index (χ2n) is 7.03. The third-order valence-corrected chi connectivity index (χ3v) is 4.60. The zero-order chi connectivity index (χ0) is 14.8. The molecule has 0 radical (unpaired) electrons. The highest BCUT2D eigenvalue weighted by atomic mass is 16.5. The summed E-state index contributed by atoms with van der Waals surface area (Å²) in [5.41, 5.74) is 7.96. The van der Waals surface area contributed by atoms with Crippen LogP contribution >= 0.6 is 0 Å². The maximum absolute atomic E-state index is 6.37. The Hall–Kier alpha value is -1.09. The Balaban J connectivity index is 2.18. The monoisotopic (exact) mass is 276 g/mol. The van der Waals surface area contributed by atoms with Gasteiger partial charge in [0.05, 0.1) is 12.8 Å². The van der Waals surface area contributed by atoms with Gasteiger partial charge in [-0.15, -0.1) is 0 Å². The first-order chi connectivity index (χ1) is 9.41. The summed E-state index contributed by atoms with van der Waals surface area (Å²) >= 11 is 0. The minimum absolute atomic E-state index is 0.243. The average Bonchev–Trinajstić information content (AvgIpc) is 2.38. The van der Waals surface area contributed by atoms with Gasteiger partial charge in [-0.3, -0.25) is 4.98 Å². The first-order valence-corrected chi connectivity index (χ1v) is 7.75. The number of hydrogen-bond acceptors (Lipinski definition) is 3. The highest BCUT2D eigenvalue weighted by Gasteiger charge is 2.35. The fourth-order valence-corrected chi connectivity index (χ4v) is 3.25. The second kappa shape index (κ2) is 6.13. The first kappa shape index (κ1) is 15.3. The predicted octanol–water partition coefficient (Wildman–Crippen LogP) is 3.74. The zero-order valence-electron chi connectivity index (χ0n) is 13.2. The molecule has 0 bridgehead atoms. The molecule has 0 saturated heterocycles. The highest BCUT2D eigenvalue weighted by Crippen LogP contribution is 2.43. The Morgan fingerprint density at radius 3 is 2.70 bits per heavy atom. The molecular formula is C17H28N2O. The molecule has 0 aromatic carbocycles. The van der Waals surface area contributed by atoms with E-state index in [-0.39, 0.29) is 6.04 Å². The van der Waals surface area contributed by atoms with E-state index in [1.54, 1.807) is 6.20 Å². The molecule has 2 rings (SSSR count). The lowest BCUT2D eigenvalue weighted by molar-refractivity contribution is 0.153. The van der Waals surface area contributed by atoms with Crippen molar-refractivity contribution in [1.82, 2.24) is 4.98 Å². The predicted molar refractivity (Wildman–Crippen MR) is 82.9 cm³/mol. The molecule has 3 heteroatoms. The van der Waals surface area contributed by atoms with Gasteiger partial charge >= 0.3 is 0 Å². The number of hydrogen-bond donors (Lipinski definition) is 1. The molecule has 0 aliphatic heterocycles. The lowest BCUT2D eigenvalue weighted by atomic mass is 9.66. The van der Waals surface area contributed by atoms with Gasteiger partial charge < -0.3 is 10.5 Å². The van der Waals surface area contributed by atoms with Gasteiger partial charge in [0.2, 0.25) is 0 Å². The summed E-state index contributed by atoms with van der Waals surface area (Å²) in [4.78, 5) is 4.32. The minimum atomic E-state index is 0.243. The fourth-order valence-electron chi connectivity index (χ4n) is 3.25. The van der Waals surface area contributed by atoms with E-state index >= 15 is 0 Å². The lowest BCUT2D eigenvalue weighted by Gasteiger charge is -2.40. The van der Waals surface area contributed by atoms with Crippen molar-refractivity contribution in [3.63, 3.8) is 0 Å². The third-order valence-electron chi connectivity index (χ3n) is 4.60. The van der Waals surface area contributed by atoms with E-state index in [0.717, 1.165) is 24.5 Å². The van der Waals surface area contributed by atoms with Crippen LogP contribution in [-0.2, 0) is 0 Å². The van der Waals surface area contributed by atoms with E-state index in [2.05, 4.69) is 31.8 Å². The molecule has 20 heavy (non-hydrogen) atoms. The molecule has 1 heterocycles. The van der Waals surface area contributed by atoms with Gasteiger partial charge in [0.15, 0.2) is 0 Å². The zero-order valence-corrected chi connectivity index (χ0v) is 13.2. The van der Waals surface area contributed by atoms with Crippen LogP contribution in [0.4, 0.5) is 0 Å². The Morgan fingerprint density at radius 2 is 2.05 bits per heavy atom. The number of pyridine rings is 1. The van der Waals surface area contributed by atoms with Gasteiger partial charge in [0.1, 0.15) is 5.75 Å². The average molecular weight is 276 g/mol. The molecule has 1 aromatic rings. The van der Waals surface area contributed by atoms with E-state index in [1.165, 1.54) is 12.0 Å². The Labute approximate surface area is 122 Å². The summed E-state index contributed by atoms with van der Waals surface area (Å²) in [5, 5.41) is 0. The summed E-state index contributed by atoms with van der Waals surface area (Å²) in [7, 11) is 0. The number of rotatable bonds is 3. The maximum atomic E-state index is 6.37. The van der Waals surface area contributed by atoms with Crippen LogP contribution in [0.5, 0.6) is 5.75 Å². The van der Waals surface area contributed by atoms with E-state index < -0.39 is 0 Å². The number of ether oxygens (including phenoxy) is 1. The molecule has 1 aliphatic carbocycles. The molecule has 3 atom stereocenters. The van der Waals surface area contributed by atoms with E-state index in [0.29, 0.717) is 17.9 Å². The van der Waals surface area contributed by atoms with Crippen molar-refractivity contribution >= 4 is 0 Å². The van der Waals surface area contributed by atoms with Gasteiger partial charge in [-0.2, -0.15) is 0 Å². The largest absolute Gasteiger partial charge is 0.492 e. The molecule has 0 spiro atoms. The Bertz CT molecular complexity index is 439. The van der Waals surface area contributed by atoms with Crippen molar-refractivity contribution in [3.05, 3.63) is 24.0 Å². The second-order valence-corrected chi connectivity index (χ2v) is 7.03. The van der Waals surface area contributed by atoms with Gasteiger partial charge in [-0.25, -0.2) is 0 Å². The summed E-state index contributed by atoms with van der Waals surface area (Å²) in [6, 6.07) is 2.36. The maximum Gasteiger partial charge on any atom is 0.137 e. The molecule has 3 unspecified atom stereocenters. The van der Waals surface area contributed by atoms with E-state index in [9.17, 15) is 0 Å². The molecule has 1 saturated carbocycles. The van der Waals surface area contributed by atoms with Crippen LogP contribution < -0.4 is 10.5 Å². The molecule has 2 N–H and O–H groups in total. The van der Waals surface area contributed by atoms with Crippen molar-refractivity contribution in [2.75, 3.05) is 6.61 Å². The van der Waals surface area contributed by atoms with Crippen LogP contribution in [0, 0.1) is 11.3 Å². The van der Waals surface area contributed by atoms with Crippen LogP contribution in [0.25, 0.3) is 0 Å². The van der Waals surface area contributed by atoms with Crippen molar-refractivity contribution in [1.29, 1.82) is 0 Å². The fraction of sp³-hybridized carbons (Fsp3) is 0.706.